The summed E-state index contributed by atoms with van der Waals surface area (Å²) < 4.78 is 6.33. The Kier molecular flexibility index (Phi) is 6.79. The molecule has 0 aliphatic heterocycles. The van der Waals surface area contributed by atoms with E-state index >= 15 is 0 Å². The lowest BCUT2D eigenvalue weighted by atomic mass is 10.1. The number of nitrogens with one attached hydrogen (secondary N) is 1. The molecule has 3 rings (SSSR count). The van der Waals surface area contributed by atoms with E-state index in [2.05, 4.69) is 17.3 Å². The molecule has 0 fully saturated rings. The zero-order valence-corrected chi connectivity index (χ0v) is 16.7. The van der Waals surface area contributed by atoms with Gasteiger partial charge in [-0.1, -0.05) is 25.5 Å². The van der Waals surface area contributed by atoms with Crippen LogP contribution in [-0.2, 0) is 17.8 Å². The van der Waals surface area contributed by atoms with Gasteiger partial charge in [-0.2, -0.15) is 5.10 Å². The molecular weight excluding hydrogens is 366 g/mol. The van der Waals surface area contributed by atoms with Crippen molar-refractivity contribution in [2.24, 2.45) is 0 Å². The van der Waals surface area contributed by atoms with Crippen LogP contribution in [0.3, 0.4) is 0 Å². The average Bonchev–Trinajstić information content (AvgIpc) is 2.75. The highest BCUT2D eigenvalue weighted by atomic mass is 16.5. The summed E-state index contributed by atoms with van der Waals surface area (Å²) in [7, 11) is 1.60. The number of unbranched alkanes of at least 4 members (excludes halogenated alkanes) is 1. The standard InChI is InChI=1S/C23H25N3O3/c1-3-4-5-17-6-10-19(11-7-17)24-22(27)16-26-23(28)15-14-21(25-26)18-8-12-20(29-2)13-9-18/h6-15H,3-5,16H2,1-2H3,(H,24,27). The van der Waals surface area contributed by atoms with Crippen molar-refractivity contribution in [3.8, 4) is 17.0 Å². The fraction of sp³-hybridized carbons (Fsp3) is 0.261. The van der Waals surface area contributed by atoms with E-state index in [1.807, 2.05) is 48.5 Å². The van der Waals surface area contributed by atoms with Crippen molar-refractivity contribution in [3.63, 3.8) is 0 Å². The molecule has 2 aromatic carbocycles. The highest BCUT2D eigenvalue weighted by molar-refractivity contribution is 5.90. The van der Waals surface area contributed by atoms with Gasteiger partial charge < -0.3 is 10.1 Å². The first-order valence-corrected chi connectivity index (χ1v) is 9.70. The van der Waals surface area contributed by atoms with E-state index < -0.39 is 0 Å². The van der Waals surface area contributed by atoms with Crippen LogP contribution in [0.25, 0.3) is 11.3 Å². The van der Waals surface area contributed by atoms with E-state index in [0.717, 1.165) is 30.6 Å². The van der Waals surface area contributed by atoms with Gasteiger partial charge in [-0.3, -0.25) is 9.59 Å². The number of carbonyl (C=O) groups excluding carboxylic acids is 1. The smallest absolute Gasteiger partial charge is 0.267 e. The molecule has 0 aliphatic carbocycles. The normalized spacial score (nSPS) is 10.6. The summed E-state index contributed by atoms with van der Waals surface area (Å²) in [5, 5.41) is 7.15. The highest BCUT2D eigenvalue weighted by Gasteiger charge is 2.09. The minimum atomic E-state index is -0.327. The van der Waals surface area contributed by atoms with Gasteiger partial charge in [0.25, 0.3) is 5.56 Å². The molecule has 0 atom stereocenters. The van der Waals surface area contributed by atoms with Crippen LogP contribution in [0.4, 0.5) is 5.69 Å². The summed E-state index contributed by atoms with van der Waals surface area (Å²) in [4.78, 5) is 24.5. The third-order valence-corrected chi connectivity index (χ3v) is 4.60. The molecule has 1 amide bonds. The third-order valence-electron chi connectivity index (χ3n) is 4.60. The van der Waals surface area contributed by atoms with Crippen molar-refractivity contribution >= 4 is 11.6 Å². The topological polar surface area (TPSA) is 73.2 Å². The first-order chi connectivity index (χ1) is 14.1. The Labute approximate surface area is 170 Å². The number of rotatable bonds is 8. The van der Waals surface area contributed by atoms with Crippen molar-refractivity contribution in [2.45, 2.75) is 32.7 Å². The quantitative estimate of drug-likeness (QED) is 0.632. The Balaban J connectivity index is 1.68. The lowest BCUT2D eigenvalue weighted by molar-refractivity contribution is -0.117. The van der Waals surface area contributed by atoms with E-state index in [1.54, 1.807) is 13.2 Å². The van der Waals surface area contributed by atoms with Crippen molar-refractivity contribution in [1.29, 1.82) is 0 Å². The van der Waals surface area contributed by atoms with Crippen molar-refractivity contribution < 1.29 is 9.53 Å². The molecule has 0 saturated heterocycles. The van der Waals surface area contributed by atoms with Gasteiger partial charge in [0.2, 0.25) is 5.91 Å². The zero-order valence-electron chi connectivity index (χ0n) is 16.7. The molecule has 1 heterocycles. The number of methoxy groups -OCH3 is 1. The Morgan fingerprint density at radius 1 is 1.03 bits per heavy atom. The Morgan fingerprint density at radius 2 is 1.76 bits per heavy atom. The molecular formula is C23H25N3O3. The maximum absolute atomic E-state index is 12.4. The fourth-order valence-corrected chi connectivity index (χ4v) is 2.95. The monoisotopic (exact) mass is 391 g/mol. The van der Waals surface area contributed by atoms with E-state index in [0.29, 0.717) is 11.4 Å². The van der Waals surface area contributed by atoms with Gasteiger partial charge in [0.05, 0.1) is 12.8 Å². The summed E-state index contributed by atoms with van der Waals surface area (Å²) in [5.74, 6) is 0.440. The van der Waals surface area contributed by atoms with Gasteiger partial charge in [-0.25, -0.2) is 4.68 Å². The summed E-state index contributed by atoms with van der Waals surface area (Å²) in [6, 6.07) is 18.2. The molecule has 0 radical (unpaired) electrons. The van der Waals surface area contributed by atoms with E-state index in [4.69, 9.17) is 4.74 Å². The maximum Gasteiger partial charge on any atom is 0.267 e. The van der Waals surface area contributed by atoms with Gasteiger partial charge in [0, 0.05) is 17.3 Å². The van der Waals surface area contributed by atoms with Gasteiger partial charge in [0.15, 0.2) is 0 Å². The molecule has 0 saturated carbocycles. The van der Waals surface area contributed by atoms with Crippen LogP contribution >= 0.6 is 0 Å². The number of aromatic nitrogens is 2. The fourth-order valence-electron chi connectivity index (χ4n) is 2.95. The summed E-state index contributed by atoms with van der Waals surface area (Å²) >= 11 is 0. The number of hydrogen-bond acceptors (Lipinski definition) is 4. The molecule has 29 heavy (non-hydrogen) atoms. The molecule has 0 bridgehead atoms. The molecule has 3 aromatic rings. The molecule has 6 heteroatoms. The number of hydrogen-bond donors (Lipinski definition) is 1. The van der Waals surface area contributed by atoms with Crippen LogP contribution in [0.5, 0.6) is 5.75 Å². The molecule has 1 N–H and O–H groups in total. The van der Waals surface area contributed by atoms with Crippen LogP contribution in [0.2, 0.25) is 0 Å². The van der Waals surface area contributed by atoms with E-state index in [1.165, 1.54) is 16.3 Å². The molecule has 150 valence electrons. The molecule has 0 unspecified atom stereocenters. The summed E-state index contributed by atoms with van der Waals surface area (Å²) in [6.07, 6.45) is 3.32. The molecule has 0 spiro atoms. The zero-order chi connectivity index (χ0) is 20.6. The number of benzene rings is 2. The maximum atomic E-state index is 12.4. The first-order valence-electron chi connectivity index (χ1n) is 9.70. The summed E-state index contributed by atoms with van der Waals surface area (Å²) in [6.45, 7) is 2.01. The van der Waals surface area contributed by atoms with Gasteiger partial charge in [-0.15, -0.1) is 0 Å². The van der Waals surface area contributed by atoms with Crippen LogP contribution in [-0.4, -0.2) is 22.8 Å². The van der Waals surface area contributed by atoms with Gasteiger partial charge in [-0.05, 0) is 60.9 Å². The average molecular weight is 391 g/mol. The van der Waals surface area contributed by atoms with E-state index in [9.17, 15) is 9.59 Å². The number of anilines is 1. The van der Waals surface area contributed by atoms with E-state index in [-0.39, 0.29) is 18.0 Å². The number of carbonyl (C=O) groups is 1. The number of amides is 1. The number of ether oxygens (including phenoxy) is 1. The van der Waals surface area contributed by atoms with Crippen LogP contribution in [0.15, 0.2) is 65.5 Å². The highest BCUT2D eigenvalue weighted by Crippen LogP contribution is 2.19. The second-order valence-corrected chi connectivity index (χ2v) is 6.79. The first kappa shape index (κ1) is 20.3. The minimum absolute atomic E-state index is 0.152. The SMILES string of the molecule is CCCCc1ccc(NC(=O)Cn2nc(-c3ccc(OC)cc3)ccc2=O)cc1. The largest absolute Gasteiger partial charge is 0.497 e. The lowest BCUT2D eigenvalue weighted by Crippen LogP contribution is -2.29. The third kappa shape index (κ3) is 5.54. The van der Waals surface area contributed by atoms with Gasteiger partial charge >= 0.3 is 0 Å². The second-order valence-electron chi connectivity index (χ2n) is 6.79. The molecule has 0 aliphatic rings. The van der Waals surface area contributed by atoms with Crippen LogP contribution in [0.1, 0.15) is 25.3 Å². The van der Waals surface area contributed by atoms with Crippen LogP contribution < -0.4 is 15.6 Å². The Morgan fingerprint density at radius 3 is 2.41 bits per heavy atom. The minimum Gasteiger partial charge on any atom is -0.497 e. The van der Waals surface area contributed by atoms with Crippen molar-refractivity contribution in [3.05, 3.63) is 76.6 Å². The number of aryl methyl sites for hydroxylation is 1. The second kappa shape index (κ2) is 9.68. The predicted molar refractivity (Wildman–Crippen MR) is 114 cm³/mol. The Hall–Kier alpha value is -3.41. The van der Waals surface area contributed by atoms with Crippen molar-refractivity contribution in [2.75, 3.05) is 12.4 Å². The summed E-state index contributed by atoms with van der Waals surface area (Å²) in [5.41, 5.74) is 3.07. The Bertz CT molecular complexity index is 1010. The lowest BCUT2D eigenvalue weighted by Gasteiger charge is -2.09. The predicted octanol–water partition coefficient (Wildman–Crippen LogP) is 3.90. The molecule has 6 nitrogen and oxygen atoms in total. The molecule has 1 aromatic heterocycles. The number of nitrogens with zero attached hydrogens (tertiary/aromatic N) is 2. The van der Waals surface area contributed by atoms with Gasteiger partial charge in [0.1, 0.15) is 12.3 Å². The van der Waals surface area contributed by atoms with Crippen molar-refractivity contribution in [1.82, 2.24) is 9.78 Å². The van der Waals surface area contributed by atoms with Crippen LogP contribution in [0, 0.1) is 0 Å².